The van der Waals surface area contributed by atoms with E-state index in [-0.39, 0.29) is 0 Å². The minimum absolute atomic E-state index is 0.915. The Balaban J connectivity index is 0.000000181. The lowest BCUT2D eigenvalue weighted by Crippen LogP contribution is -2.19. The third-order valence-corrected chi connectivity index (χ3v) is 2.12. The largest absolute Gasteiger partial charge is 0.329 e. The van der Waals surface area contributed by atoms with E-state index in [0.29, 0.717) is 0 Å². The molecule has 0 fully saturated rings. The van der Waals surface area contributed by atoms with Gasteiger partial charge in [-0.15, -0.1) is 0 Å². The van der Waals surface area contributed by atoms with Crippen LogP contribution in [-0.2, 0) is 0 Å². The molecule has 0 saturated heterocycles. The van der Waals surface area contributed by atoms with Gasteiger partial charge in [0, 0.05) is 25.1 Å². The molecule has 1 aliphatic rings. The second kappa shape index (κ2) is 6.40. The number of nitrogens with zero attached hydrogens (tertiary/aromatic N) is 2. The molecule has 2 N–H and O–H groups in total. The topological polar surface area (TPSA) is 49.8 Å². The van der Waals surface area contributed by atoms with Crippen LogP contribution in [0.4, 0.5) is 0 Å². The molecule has 2 aromatic rings. The summed E-state index contributed by atoms with van der Waals surface area (Å²) in [6.45, 7) is 0.958. The van der Waals surface area contributed by atoms with Crippen molar-refractivity contribution < 1.29 is 0 Å². The number of aromatic nitrogens is 2. The molecule has 3 rings (SSSR count). The van der Waals surface area contributed by atoms with E-state index >= 15 is 0 Å². The highest BCUT2D eigenvalue weighted by Crippen LogP contribution is 2.10. The number of nitrogens with one attached hydrogen (secondary N) is 2. The van der Waals surface area contributed by atoms with Crippen LogP contribution < -0.4 is 10.9 Å². The highest BCUT2D eigenvalue weighted by Gasteiger charge is 1.95. The standard InChI is InChI=1S/C10H8N2.C3H6N2/c1-3-7-11-9(5-1)10-6-2-4-8-12-10;1-2-4-5-3-1/h1-8H;1-2,4-5H,3H2. The lowest BCUT2D eigenvalue weighted by Gasteiger charge is -1.96. The molecule has 3 heterocycles. The average molecular weight is 226 g/mol. The molecule has 0 unspecified atom stereocenters. The fraction of sp³-hybridized carbons (Fsp3) is 0.0769. The zero-order valence-corrected chi connectivity index (χ0v) is 9.38. The Bertz CT molecular complexity index is 410. The number of pyridine rings is 2. The molecule has 17 heavy (non-hydrogen) atoms. The molecule has 0 radical (unpaired) electrons. The Hall–Kier alpha value is -2.20. The van der Waals surface area contributed by atoms with Gasteiger partial charge in [-0.25, -0.2) is 5.43 Å². The molecule has 0 saturated carbocycles. The molecule has 4 heteroatoms. The number of hydrogen-bond donors (Lipinski definition) is 2. The van der Waals surface area contributed by atoms with E-state index in [4.69, 9.17) is 0 Å². The van der Waals surface area contributed by atoms with E-state index in [2.05, 4.69) is 20.8 Å². The smallest absolute Gasteiger partial charge is 0.0886 e. The average Bonchev–Trinajstić information content (AvgIpc) is 3.00. The zero-order chi connectivity index (χ0) is 11.8. The summed E-state index contributed by atoms with van der Waals surface area (Å²) in [6, 6.07) is 11.6. The van der Waals surface area contributed by atoms with Gasteiger partial charge in [0.05, 0.1) is 11.4 Å². The van der Waals surface area contributed by atoms with Gasteiger partial charge in [0.15, 0.2) is 0 Å². The lowest BCUT2D eigenvalue weighted by atomic mass is 10.2. The minimum Gasteiger partial charge on any atom is -0.329 e. The van der Waals surface area contributed by atoms with Crippen LogP contribution in [0.1, 0.15) is 0 Å². The second-order valence-corrected chi connectivity index (χ2v) is 3.36. The molecule has 0 atom stereocenters. The van der Waals surface area contributed by atoms with Crippen molar-refractivity contribution in [1.82, 2.24) is 20.8 Å². The summed E-state index contributed by atoms with van der Waals surface area (Å²) in [5.74, 6) is 0. The van der Waals surface area contributed by atoms with Crippen LogP contribution in [0.25, 0.3) is 11.4 Å². The van der Waals surface area contributed by atoms with Crippen LogP contribution in [0.5, 0.6) is 0 Å². The first-order valence-electron chi connectivity index (χ1n) is 5.42. The highest BCUT2D eigenvalue weighted by atomic mass is 15.4. The fourth-order valence-corrected chi connectivity index (χ4v) is 1.32. The third kappa shape index (κ3) is 3.70. The molecular formula is C13H14N4. The summed E-state index contributed by atoms with van der Waals surface area (Å²) in [7, 11) is 0. The van der Waals surface area contributed by atoms with Crippen molar-refractivity contribution in [2.75, 3.05) is 6.54 Å². The normalized spacial score (nSPS) is 12.5. The van der Waals surface area contributed by atoms with Crippen molar-refractivity contribution in [3.63, 3.8) is 0 Å². The Kier molecular flexibility index (Phi) is 4.25. The minimum atomic E-state index is 0.915. The first-order chi connectivity index (χ1) is 8.47. The molecule has 0 spiro atoms. The van der Waals surface area contributed by atoms with E-state index in [9.17, 15) is 0 Å². The number of hydrogen-bond acceptors (Lipinski definition) is 4. The van der Waals surface area contributed by atoms with Gasteiger partial charge >= 0.3 is 0 Å². The summed E-state index contributed by atoms with van der Waals surface area (Å²) < 4.78 is 0. The maximum atomic E-state index is 4.19. The Morgan fingerprint density at radius 1 is 0.882 bits per heavy atom. The third-order valence-electron chi connectivity index (χ3n) is 2.12. The van der Waals surface area contributed by atoms with Crippen LogP contribution in [0, 0.1) is 0 Å². The van der Waals surface area contributed by atoms with Gasteiger partial charge in [-0.1, -0.05) is 18.2 Å². The van der Waals surface area contributed by atoms with E-state index in [0.717, 1.165) is 17.9 Å². The zero-order valence-electron chi connectivity index (χ0n) is 9.38. The Labute approximate surface area is 100 Å². The van der Waals surface area contributed by atoms with Gasteiger partial charge in [-0.3, -0.25) is 9.97 Å². The maximum Gasteiger partial charge on any atom is 0.0886 e. The SMILES string of the molecule is C1=CNNC1.c1ccc(-c2ccccn2)nc1. The molecule has 0 aromatic carbocycles. The molecule has 1 aliphatic heterocycles. The van der Waals surface area contributed by atoms with Crippen molar-refractivity contribution in [1.29, 1.82) is 0 Å². The summed E-state index contributed by atoms with van der Waals surface area (Å²) in [4.78, 5) is 8.37. The van der Waals surface area contributed by atoms with E-state index in [1.165, 1.54) is 0 Å². The Morgan fingerprint density at radius 2 is 1.53 bits per heavy atom. The predicted molar refractivity (Wildman–Crippen MR) is 67.7 cm³/mol. The van der Waals surface area contributed by atoms with Crippen molar-refractivity contribution in [2.24, 2.45) is 0 Å². The van der Waals surface area contributed by atoms with Crippen molar-refractivity contribution >= 4 is 0 Å². The van der Waals surface area contributed by atoms with Crippen LogP contribution in [-0.4, -0.2) is 16.5 Å². The maximum absolute atomic E-state index is 4.19. The van der Waals surface area contributed by atoms with Crippen molar-refractivity contribution in [3.05, 3.63) is 61.1 Å². The van der Waals surface area contributed by atoms with Gasteiger partial charge in [0.2, 0.25) is 0 Å². The summed E-state index contributed by atoms with van der Waals surface area (Å²) in [6.07, 6.45) is 7.42. The monoisotopic (exact) mass is 226 g/mol. The summed E-state index contributed by atoms with van der Waals surface area (Å²) in [5, 5.41) is 0. The molecule has 0 amide bonds. The molecule has 86 valence electrons. The fourth-order valence-electron chi connectivity index (χ4n) is 1.32. The van der Waals surface area contributed by atoms with Crippen molar-refractivity contribution in [2.45, 2.75) is 0 Å². The van der Waals surface area contributed by atoms with Gasteiger partial charge in [-0.05, 0) is 24.3 Å². The van der Waals surface area contributed by atoms with E-state index in [1.54, 1.807) is 12.4 Å². The first kappa shape index (κ1) is 11.3. The van der Waals surface area contributed by atoms with Gasteiger partial charge in [0.1, 0.15) is 0 Å². The molecule has 4 nitrogen and oxygen atoms in total. The number of rotatable bonds is 1. The van der Waals surface area contributed by atoms with Crippen LogP contribution in [0.15, 0.2) is 61.1 Å². The van der Waals surface area contributed by atoms with Gasteiger partial charge in [0.25, 0.3) is 0 Å². The van der Waals surface area contributed by atoms with Gasteiger partial charge < -0.3 is 5.43 Å². The molecule has 0 aliphatic carbocycles. The summed E-state index contributed by atoms with van der Waals surface area (Å²) >= 11 is 0. The number of hydrazine groups is 1. The van der Waals surface area contributed by atoms with Gasteiger partial charge in [-0.2, -0.15) is 0 Å². The summed E-state index contributed by atoms with van der Waals surface area (Å²) in [5.41, 5.74) is 7.48. The predicted octanol–water partition coefficient (Wildman–Crippen LogP) is 1.75. The lowest BCUT2D eigenvalue weighted by molar-refractivity contribution is 0.727. The quantitative estimate of drug-likeness (QED) is 0.778. The molecule has 0 bridgehead atoms. The first-order valence-corrected chi connectivity index (χ1v) is 5.42. The van der Waals surface area contributed by atoms with Crippen LogP contribution in [0.2, 0.25) is 0 Å². The molecular weight excluding hydrogens is 212 g/mol. The highest BCUT2D eigenvalue weighted by molar-refractivity contribution is 5.52. The van der Waals surface area contributed by atoms with E-state index < -0.39 is 0 Å². The van der Waals surface area contributed by atoms with Crippen LogP contribution >= 0.6 is 0 Å². The Morgan fingerprint density at radius 3 is 1.82 bits per heavy atom. The second-order valence-electron chi connectivity index (χ2n) is 3.36. The van der Waals surface area contributed by atoms with E-state index in [1.807, 2.05) is 48.7 Å². The van der Waals surface area contributed by atoms with Crippen molar-refractivity contribution in [3.8, 4) is 11.4 Å². The molecule has 2 aromatic heterocycles. The van der Waals surface area contributed by atoms with Crippen LogP contribution in [0.3, 0.4) is 0 Å².